The van der Waals surface area contributed by atoms with Crippen LogP contribution in [-0.4, -0.2) is 35.8 Å². The predicted octanol–water partition coefficient (Wildman–Crippen LogP) is 2.21. The Morgan fingerprint density at radius 1 is 1.44 bits per heavy atom. The third kappa shape index (κ3) is 3.32. The van der Waals surface area contributed by atoms with E-state index in [1.807, 2.05) is 30.0 Å². The number of rotatable bonds is 6. The molecule has 1 aromatic rings. The third-order valence-corrected chi connectivity index (χ3v) is 3.97. The Bertz CT molecular complexity index is 429. The van der Waals surface area contributed by atoms with Crippen LogP contribution in [0.25, 0.3) is 0 Å². The third-order valence-electron chi connectivity index (χ3n) is 2.76. The average Bonchev–Trinajstić information content (AvgIpc) is 2.31. The number of hydrogen-bond donors (Lipinski definition) is 1. The molecule has 1 aliphatic heterocycles. The van der Waals surface area contributed by atoms with E-state index in [0.29, 0.717) is 12.2 Å². The highest BCUT2D eigenvalue weighted by Crippen LogP contribution is 2.32. The molecule has 0 bridgehead atoms. The van der Waals surface area contributed by atoms with E-state index in [1.165, 1.54) is 0 Å². The van der Waals surface area contributed by atoms with Crippen LogP contribution in [0.3, 0.4) is 0 Å². The molecule has 0 atom stereocenters. The molecule has 0 radical (unpaired) electrons. The molecule has 0 aliphatic carbocycles. The van der Waals surface area contributed by atoms with Gasteiger partial charge in [0.15, 0.2) is 11.5 Å². The molecule has 98 valence electrons. The molecule has 4 nitrogen and oxygen atoms in total. The van der Waals surface area contributed by atoms with Gasteiger partial charge in [0.25, 0.3) is 0 Å². The summed E-state index contributed by atoms with van der Waals surface area (Å²) in [5, 5.41) is 8.66. The summed E-state index contributed by atoms with van der Waals surface area (Å²) in [4.78, 5) is 10.5. The normalized spacial score (nSPS) is 14.9. The van der Waals surface area contributed by atoms with E-state index in [0.717, 1.165) is 22.8 Å². The maximum Gasteiger partial charge on any atom is 0.303 e. The topological polar surface area (TPSA) is 55.8 Å². The van der Waals surface area contributed by atoms with E-state index < -0.39 is 5.97 Å². The van der Waals surface area contributed by atoms with Crippen molar-refractivity contribution in [3.05, 3.63) is 23.8 Å². The van der Waals surface area contributed by atoms with Gasteiger partial charge >= 0.3 is 5.97 Å². The monoisotopic (exact) mass is 268 g/mol. The van der Waals surface area contributed by atoms with Crippen LogP contribution >= 0.6 is 11.8 Å². The van der Waals surface area contributed by atoms with Gasteiger partial charge in [-0.1, -0.05) is 6.07 Å². The molecule has 2 rings (SSSR count). The van der Waals surface area contributed by atoms with Gasteiger partial charge in [-0.3, -0.25) is 4.79 Å². The van der Waals surface area contributed by atoms with E-state index in [4.69, 9.17) is 14.6 Å². The fourth-order valence-electron chi connectivity index (χ4n) is 1.68. The number of aryl methyl sites for hydroxylation is 1. The number of hydrogen-bond acceptors (Lipinski definition) is 4. The Labute approximate surface area is 110 Å². The standard InChI is InChI=1S/C13H16O4S/c1-16-12-6-9(3-5-13(14)15)2-4-11(12)17-10-7-18-8-10/h2,4,6,10H,3,5,7-8H2,1H3,(H,14,15). The summed E-state index contributed by atoms with van der Waals surface area (Å²) in [5.41, 5.74) is 0.949. The van der Waals surface area contributed by atoms with Crippen LogP contribution in [0.1, 0.15) is 12.0 Å². The second-order valence-electron chi connectivity index (χ2n) is 4.16. The molecule has 0 aromatic heterocycles. The first kappa shape index (κ1) is 13.1. The van der Waals surface area contributed by atoms with Crippen LogP contribution in [0.15, 0.2) is 18.2 Å². The predicted molar refractivity (Wildman–Crippen MR) is 70.7 cm³/mol. The summed E-state index contributed by atoms with van der Waals surface area (Å²) in [7, 11) is 1.60. The van der Waals surface area contributed by atoms with Crippen LogP contribution in [-0.2, 0) is 11.2 Å². The molecule has 0 amide bonds. The number of benzene rings is 1. The molecule has 1 aliphatic rings. The molecule has 5 heteroatoms. The van der Waals surface area contributed by atoms with Gasteiger partial charge in [0.05, 0.1) is 7.11 Å². The van der Waals surface area contributed by atoms with Crippen molar-refractivity contribution in [2.45, 2.75) is 18.9 Å². The lowest BCUT2D eigenvalue weighted by molar-refractivity contribution is -0.136. The zero-order valence-electron chi connectivity index (χ0n) is 10.2. The fraction of sp³-hybridized carbons (Fsp3) is 0.462. The minimum absolute atomic E-state index is 0.128. The molecule has 0 saturated carbocycles. The van der Waals surface area contributed by atoms with Gasteiger partial charge in [-0.25, -0.2) is 0 Å². The second-order valence-corrected chi connectivity index (χ2v) is 5.23. The van der Waals surface area contributed by atoms with Crippen molar-refractivity contribution in [3.8, 4) is 11.5 Å². The summed E-state index contributed by atoms with van der Waals surface area (Å²) in [5.74, 6) is 2.66. The summed E-state index contributed by atoms with van der Waals surface area (Å²) >= 11 is 1.86. The number of aliphatic carboxylic acids is 1. The summed E-state index contributed by atoms with van der Waals surface area (Å²) < 4.78 is 11.1. The first-order valence-electron chi connectivity index (χ1n) is 5.82. The lowest BCUT2D eigenvalue weighted by Crippen LogP contribution is -2.31. The average molecular weight is 268 g/mol. The first-order chi connectivity index (χ1) is 8.69. The minimum Gasteiger partial charge on any atom is -0.493 e. The molecular formula is C13H16O4S. The van der Waals surface area contributed by atoms with Crippen LogP contribution in [0.5, 0.6) is 11.5 Å². The molecule has 0 unspecified atom stereocenters. The van der Waals surface area contributed by atoms with Gasteiger partial charge in [-0.15, -0.1) is 0 Å². The molecule has 18 heavy (non-hydrogen) atoms. The van der Waals surface area contributed by atoms with Gasteiger partial charge in [-0.05, 0) is 24.1 Å². The lowest BCUT2D eigenvalue weighted by atomic mass is 10.1. The van der Waals surface area contributed by atoms with E-state index >= 15 is 0 Å². The summed E-state index contributed by atoms with van der Waals surface area (Å²) in [6.45, 7) is 0. The highest BCUT2D eigenvalue weighted by atomic mass is 32.2. The number of carboxylic acids is 1. The highest BCUT2D eigenvalue weighted by molar-refractivity contribution is 8.00. The smallest absolute Gasteiger partial charge is 0.303 e. The van der Waals surface area contributed by atoms with Crippen molar-refractivity contribution in [1.29, 1.82) is 0 Å². The Morgan fingerprint density at radius 2 is 2.22 bits per heavy atom. The van der Waals surface area contributed by atoms with Gasteiger partial charge in [-0.2, -0.15) is 11.8 Å². The van der Waals surface area contributed by atoms with Crippen molar-refractivity contribution >= 4 is 17.7 Å². The van der Waals surface area contributed by atoms with Crippen LogP contribution in [0, 0.1) is 0 Å². The van der Waals surface area contributed by atoms with E-state index in [2.05, 4.69) is 0 Å². The second kappa shape index (κ2) is 6.00. The number of methoxy groups -OCH3 is 1. The molecule has 1 saturated heterocycles. The van der Waals surface area contributed by atoms with Crippen molar-refractivity contribution in [2.75, 3.05) is 18.6 Å². The number of carboxylic acid groups (broad SMARTS) is 1. The Kier molecular flexibility index (Phi) is 4.36. The molecule has 0 spiro atoms. The first-order valence-corrected chi connectivity index (χ1v) is 6.97. The zero-order valence-corrected chi connectivity index (χ0v) is 11.0. The Balaban J connectivity index is 2.04. The van der Waals surface area contributed by atoms with Gasteiger partial charge in [0.1, 0.15) is 6.10 Å². The van der Waals surface area contributed by atoms with Crippen LogP contribution < -0.4 is 9.47 Å². The van der Waals surface area contributed by atoms with Crippen LogP contribution in [0.2, 0.25) is 0 Å². The quantitative estimate of drug-likeness (QED) is 0.857. The van der Waals surface area contributed by atoms with E-state index in [1.54, 1.807) is 7.11 Å². The lowest BCUT2D eigenvalue weighted by Gasteiger charge is -2.26. The Hall–Kier alpha value is -1.36. The Morgan fingerprint density at radius 3 is 2.78 bits per heavy atom. The zero-order chi connectivity index (χ0) is 13.0. The van der Waals surface area contributed by atoms with Crippen molar-refractivity contribution < 1.29 is 19.4 Å². The maximum atomic E-state index is 10.5. The number of ether oxygens (including phenoxy) is 2. The molecule has 1 N–H and O–H groups in total. The van der Waals surface area contributed by atoms with Crippen molar-refractivity contribution in [1.82, 2.24) is 0 Å². The fourth-order valence-corrected chi connectivity index (χ4v) is 2.24. The van der Waals surface area contributed by atoms with Crippen LogP contribution in [0.4, 0.5) is 0 Å². The van der Waals surface area contributed by atoms with Gasteiger partial charge in [0.2, 0.25) is 0 Å². The summed E-state index contributed by atoms with van der Waals surface area (Å²) in [6.07, 6.45) is 0.905. The van der Waals surface area contributed by atoms with Crippen molar-refractivity contribution in [2.24, 2.45) is 0 Å². The molecule has 1 aromatic carbocycles. The molecule has 1 heterocycles. The van der Waals surface area contributed by atoms with Gasteiger partial charge < -0.3 is 14.6 Å². The number of carbonyl (C=O) groups is 1. The van der Waals surface area contributed by atoms with Gasteiger partial charge in [0, 0.05) is 17.9 Å². The van der Waals surface area contributed by atoms with Crippen molar-refractivity contribution in [3.63, 3.8) is 0 Å². The number of thioether (sulfide) groups is 1. The highest BCUT2D eigenvalue weighted by Gasteiger charge is 2.21. The van der Waals surface area contributed by atoms with E-state index in [9.17, 15) is 4.79 Å². The molecular weight excluding hydrogens is 252 g/mol. The summed E-state index contributed by atoms with van der Waals surface area (Å²) in [6, 6.07) is 5.61. The van der Waals surface area contributed by atoms with E-state index in [-0.39, 0.29) is 12.5 Å². The minimum atomic E-state index is -0.791. The largest absolute Gasteiger partial charge is 0.493 e. The molecule has 1 fully saturated rings. The maximum absolute atomic E-state index is 10.5. The SMILES string of the molecule is COc1cc(CCC(=O)O)ccc1OC1CSC1.